The number of nitrogens with one attached hydrogen (secondary N) is 1. The Morgan fingerprint density at radius 3 is 2.47 bits per heavy atom. The first-order valence-corrected chi connectivity index (χ1v) is 6.46. The topological polar surface area (TPSA) is 45.8 Å². The van der Waals surface area contributed by atoms with Gasteiger partial charge in [-0.15, -0.1) is 0 Å². The average Bonchev–Trinajstić information content (AvgIpc) is 2.36. The number of rotatable bonds is 2. The summed E-state index contributed by atoms with van der Waals surface area (Å²) >= 11 is 0. The maximum atomic E-state index is 13.4. The number of hydrogen-bond acceptors (Lipinski definition) is 2. The molecule has 1 aliphatic rings. The van der Waals surface area contributed by atoms with Crippen LogP contribution in [0.4, 0.5) is 4.39 Å². The number of hydrogen-bond donors (Lipinski definition) is 1. The van der Waals surface area contributed by atoms with Crippen molar-refractivity contribution in [2.24, 2.45) is 0 Å². The number of benzene rings is 1. The first kappa shape index (κ1) is 12.1. The number of aromatic amines is 1. The van der Waals surface area contributed by atoms with Crippen molar-refractivity contribution < 1.29 is 4.39 Å². The molecule has 1 heterocycles. The molecule has 1 saturated carbocycles. The van der Waals surface area contributed by atoms with Crippen molar-refractivity contribution in [2.75, 3.05) is 0 Å². The van der Waals surface area contributed by atoms with E-state index < -0.39 is 11.4 Å². The molecule has 0 spiro atoms. The third kappa shape index (κ3) is 1.79. The highest BCUT2D eigenvalue weighted by molar-refractivity contribution is 5.35. The Kier molecular flexibility index (Phi) is 2.73. The summed E-state index contributed by atoms with van der Waals surface area (Å²) in [6.45, 7) is 1.53. The van der Waals surface area contributed by atoms with Crippen LogP contribution in [0.3, 0.4) is 0 Å². The van der Waals surface area contributed by atoms with Crippen molar-refractivity contribution in [3.8, 4) is 0 Å². The molecular weight excluding hydrogens is 243 g/mol. The summed E-state index contributed by atoms with van der Waals surface area (Å²) in [5.74, 6) is -0.194. The fourth-order valence-corrected chi connectivity index (χ4v) is 2.75. The molecule has 1 fully saturated rings. The molecule has 19 heavy (non-hydrogen) atoms. The van der Waals surface area contributed by atoms with Crippen molar-refractivity contribution in [3.63, 3.8) is 0 Å². The predicted molar refractivity (Wildman–Crippen MR) is 70.6 cm³/mol. The summed E-state index contributed by atoms with van der Waals surface area (Å²) in [6, 6.07) is 9.99. The van der Waals surface area contributed by atoms with Gasteiger partial charge in [0, 0.05) is 0 Å². The second-order valence-electron chi connectivity index (χ2n) is 5.12. The van der Waals surface area contributed by atoms with Gasteiger partial charge in [0.05, 0.1) is 11.1 Å². The van der Waals surface area contributed by atoms with Gasteiger partial charge >= 0.3 is 0 Å². The van der Waals surface area contributed by atoms with E-state index >= 15 is 0 Å². The minimum atomic E-state index is -0.786. The highest BCUT2D eigenvalue weighted by Gasteiger charge is 2.42. The SMILES string of the molecule is Cc1nc(C2(c3ccccc3)CCC2)[nH]c(=O)c1F. The zero-order valence-electron chi connectivity index (χ0n) is 10.7. The molecule has 2 aromatic rings. The maximum absolute atomic E-state index is 13.4. The van der Waals surface area contributed by atoms with E-state index in [1.807, 2.05) is 30.3 Å². The summed E-state index contributed by atoms with van der Waals surface area (Å²) in [4.78, 5) is 18.5. The number of H-pyrrole nitrogens is 1. The van der Waals surface area contributed by atoms with E-state index in [2.05, 4.69) is 9.97 Å². The molecular formula is C15H15FN2O. The van der Waals surface area contributed by atoms with Gasteiger partial charge in [0.25, 0.3) is 5.56 Å². The summed E-state index contributed by atoms with van der Waals surface area (Å²) in [5.41, 5.74) is 0.375. The van der Waals surface area contributed by atoms with E-state index in [0.29, 0.717) is 5.82 Å². The van der Waals surface area contributed by atoms with E-state index in [9.17, 15) is 9.18 Å². The lowest BCUT2D eigenvalue weighted by molar-refractivity contribution is 0.282. The van der Waals surface area contributed by atoms with Gasteiger partial charge < -0.3 is 4.98 Å². The second-order valence-corrected chi connectivity index (χ2v) is 5.12. The van der Waals surface area contributed by atoms with Crippen LogP contribution in [0, 0.1) is 12.7 Å². The van der Waals surface area contributed by atoms with Gasteiger partial charge in [-0.1, -0.05) is 36.8 Å². The van der Waals surface area contributed by atoms with E-state index in [1.165, 1.54) is 6.92 Å². The Morgan fingerprint density at radius 2 is 1.95 bits per heavy atom. The first-order chi connectivity index (χ1) is 9.13. The van der Waals surface area contributed by atoms with Gasteiger partial charge in [0.1, 0.15) is 5.82 Å². The summed E-state index contributed by atoms with van der Waals surface area (Å²) in [5, 5.41) is 0. The number of nitrogens with zero attached hydrogens (tertiary/aromatic N) is 1. The Bertz CT molecular complexity index is 660. The smallest absolute Gasteiger partial charge is 0.287 e. The average molecular weight is 258 g/mol. The highest BCUT2D eigenvalue weighted by Crippen LogP contribution is 2.47. The van der Waals surface area contributed by atoms with E-state index in [-0.39, 0.29) is 11.1 Å². The number of aryl methyl sites for hydroxylation is 1. The Morgan fingerprint density at radius 1 is 1.26 bits per heavy atom. The lowest BCUT2D eigenvalue weighted by atomic mass is 9.64. The molecule has 0 aliphatic heterocycles. The Hall–Kier alpha value is -1.97. The third-order valence-electron chi connectivity index (χ3n) is 4.02. The molecule has 0 atom stereocenters. The zero-order chi connectivity index (χ0) is 13.5. The third-order valence-corrected chi connectivity index (χ3v) is 4.02. The molecule has 3 nitrogen and oxygen atoms in total. The standard InChI is InChI=1S/C15H15FN2O/c1-10-12(16)13(19)18-14(17-10)15(8-5-9-15)11-6-3-2-4-7-11/h2-4,6-7H,5,8-9H2,1H3,(H,17,18,19). The monoisotopic (exact) mass is 258 g/mol. The van der Waals surface area contributed by atoms with Crippen LogP contribution in [-0.4, -0.2) is 9.97 Å². The summed E-state index contributed by atoms with van der Waals surface area (Å²) in [6.07, 6.45) is 2.96. The quantitative estimate of drug-likeness (QED) is 0.900. The molecule has 1 aromatic heterocycles. The Labute approximate surface area is 110 Å². The van der Waals surface area contributed by atoms with Crippen molar-refractivity contribution >= 4 is 0 Å². The van der Waals surface area contributed by atoms with E-state index in [0.717, 1.165) is 24.8 Å². The van der Waals surface area contributed by atoms with Crippen molar-refractivity contribution in [2.45, 2.75) is 31.6 Å². The van der Waals surface area contributed by atoms with Gasteiger partial charge in [0.15, 0.2) is 0 Å². The van der Waals surface area contributed by atoms with Crippen molar-refractivity contribution in [1.82, 2.24) is 9.97 Å². The molecule has 4 heteroatoms. The van der Waals surface area contributed by atoms with Crippen molar-refractivity contribution in [1.29, 1.82) is 0 Å². The van der Waals surface area contributed by atoms with E-state index in [4.69, 9.17) is 0 Å². The fourth-order valence-electron chi connectivity index (χ4n) is 2.75. The van der Waals surface area contributed by atoms with Crippen LogP contribution in [0.5, 0.6) is 0 Å². The van der Waals surface area contributed by atoms with Gasteiger partial charge in [-0.25, -0.2) is 4.98 Å². The lowest BCUT2D eigenvalue weighted by Gasteiger charge is -2.41. The predicted octanol–water partition coefficient (Wildman–Crippen LogP) is 2.69. The molecule has 0 amide bonds. The minimum absolute atomic E-state index is 0.168. The summed E-state index contributed by atoms with van der Waals surface area (Å²) in [7, 11) is 0. The minimum Gasteiger partial charge on any atom is -0.307 e. The van der Waals surface area contributed by atoms with Crippen LogP contribution in [0.25, 0.3) is 0 Å². The van der Waals surface area contributed by atoms with Gasteiger partial charge in [0.2, 0.25) is 5.82 Å². The van der Waals surface area contributed by atoms with Crippen LogP contribution >= 0.6 is 0 Å². The number of halogens is 1. The summed E-state index contributed by atoms with van der Waals surface area (Å²) < 4.78 is 13.4. The highest BCUT2D eigenvalue weighted by atomic mass is 19.1. The molecule has 0 saturated heterocycles. The lowest BCUT2D eigenvalue weighted by Crippen LogP contribution is -2.39. The first-order valence-electron chi connectivity index (χ1n) is 6.46. The normalized spacial score (nSPS) is 16.9. The molecule has 1 N–H and O–H groups in total. The van der Waals surface area contributed by atoms with Gasteiger partial charge in [-0.3, -0.25) is 4.79 Å². The van der Waals surface area contributed by atoms with Crippen molar-refractivity contribution in [3.05, 3.63) is 63.6 Å². The van der Waals surface area contributed by atoms with Gasteiger partial charge in [-0.2, -0.15) is 4.39 Å². The van der Waals surface area contributed by atoms with Crippen LogP contribution < -0.4 is 5.56 Å². The van der Waals surface area contributed by atoms with Gasteiger partial charge in [-0.05, 0) is 25.3 Å². The van der Waals surface area contributed by atoms with E-state index in [1.54, 1.807) is 0 Å². The molecule has 98 valence electrons. The molecule has 0 bridgehead atoms. The molecule has 3 rings (SSSR count). The zero-order valence-corrected chi connectivity index (χ0v) is 10.7. The van der Waals surface area contributed by atoms with Crippen LogP contribution in [0.1, 0.15) is 36.3 Å². The fraction of sp³-hybridized carbons (Fsp3) is 0.333. The Balaban J connectivity index is 2.16. The molecule has 1 aliphatic carbocycles. The van der Waals surface area contributed by atoms with Crippen LogP contribution in [0.15, 0.2) is 35.1 Å². The molecule has 1 aromatic carbocycles. The maximum Gasteiger partial charge on any atom is 0.287 e. The molecule has 0 radical (unpaired) electrons. The van der Waals surface area contributed by atoms with Crippen LogP contribution in [0.2, 0.25) is 0 Å². The van der Waals surface area contributed by atoms with Crippen LogP contribution in [-0.2, 0) is 5.41 Å². The second kappa shape index (κ2) is 4.30. The largest absolute Gasteiger partial charge is 0.307 e. The molecule has 0 unspecified atom stereocenters. The number of aromatic nitrogens is 2.